The minimum Gasteiger partial charge on any atom is -0.459 e. The lowest BCUT2D eigenvalue weighted by Gasteiger charge is -2.06. The highest BCUT2D eigenvalue weighted by molar-refractivity contribution is 7.91. The Balaban J connectivity index is 1.82. The van der Waals surface area contributed by atoms with Crippen LogP contribution in [0.25, 0.3) is 11.7 Å². The zero-order chi connectivity index (χ0) is 19.7. The summed E-state index contributed by atoms with van der Waals surface area (Å²) < 4.78 is 50.3. The lowest BCUT2D eigenvalue weighted by atomic mass is 10.2. The van der Waals surface area contributed by atoms with Gasteiger partial charge < -0.3 is 14.2 Å². The summed E-state index contributed by atoms with van der Waals surface area (Å²) in [5, 5.41) is 2.57. The molecule has 4 aromatic rings. The first-order valence-corrected chi connectivity index (χ1v) is 9.81. The van der Waals surface area contributed by atoms with Crippen LogP contribution in [0, 0.1) is 12.7 Å². The first-order chi connectivity index (χ1) is 13.4. The van der Waals surface area contributed by atoms with Gasteiger partial charge in [0, 0.05) is 5.69 Å². The second-order valence-electron chi connectivity index (χ2n) is 6.08. The Labute approximate surface area is 160 Å². The predicted octanol–water partition coefficient (Wildman–Crippen LogP) is 4.96. The monoisotopic (exact) mass is 398 g/mol. The van der Waals surface area contributed by atoms with E-state index in [1.165, 1.54) is 42.7 Å². The molecule has 0 bridgehead atoms. The fourth-order valence-electron chi connectivity index (χ4n) is 2.57. The highest BCUT2D eigenvalue weighted by atomic mass is 32.2. The van der Waals surface area contributed by atoms with Crippen LogP contribution in [0.2, 0.25) is 0 Å². The average Bonchev–Trinajstić information content (AvgIpc) is 3.34. The van der Waals surface area contributed by atoms with Crippen molar-refractivity contribution in [2.75, 3.05) is 5.32 Å². The molecule has 0 unspecified atom stereocenters. The molecule has 0 aliphatic carbocycles. The Morgan fingerprint density at radius 1 is 1.00 bits per heavy atom. The summed E-state index contributed by atoms with van der Waals surface area (Å²) in [5.74, 6) is -0.196. The zero-order valence-corrected chi connectivity index (χ0v) is 15.5. The fourth-order valence-corrected chi connectivity index (χ4v) is 3.82. The Bertz CT molecular complexity index is 1200. The minimum atomic E-state index is -3.97. The highest BCUT2D eigenvalue weighted by Gasteiger charge is 2.29. The quantitative estimate of drug-likeness (QED) is 0.511. The molecule has 0 saturated carbocycles. The van der Waals surface area contributed by atoms with Gasteiger partial charge in [0.15, 0.2) is 5.76 Å². The Morgan fingerprint density at radius 3 is 2.36 bits per heavy atom. The van der Waals surface area contributed by atoms with Crippen molar-refractivity contribution >= 4 is 21.4 Å². The molecule has 0 saturated heterocycles. The van der Waals surface area contributed by atoms with E-state index in [-0.39, 0.29) is 27.5 Å². The molecule has 2 aromatic carbocycles. The number of nitrogens with zero attached hydrogens (tertiary/aromatic N) is 1. The van der Waals surface area contributed by atoms with Crippen LogP contribution in [-0.4, -0.2) is 13.4 Å². The number of aryl methyl sites for hydroxylation is 1. The van der Waals surface area contributed by atoms with Gasteiger partial charge in [0.25, 0.3) is 5.89 Å². The number of halogens is 1. The van der Waals surface area contributed by atoms with Gasteiger partial charge in [-0.15, -0.1) is 0 Å². The molecule has 0 radical (unpaired) electrons. The van der Waals surface area contributed by atoms with E-state index in [9.17, 15) is 12.8 Å². The summed E-state index contributed by atoms with van der Waals surface area (Å²) in [6.45, 7) is 1.86. The van der Waals surface area contributed by atoms with Gasteiger partial charge in [-0.25, -0.2) is 12.8 Å². The second-order valence-corrected chi connectivity index (χ2v) is 7.94. The fraction of sp³-hybridized carbons (Fsp3) is 0.0500. The van der Waals surface area contributed by atoms with Crippen LogP contribution in [0.1, 0.15) is 5.56 Å². The number of sulfone groups is 1. The molecule has 2 aromatic heterocycles. The Morgan fingerprint density at radius 2 is 1.71 bits per heavy atom. The molecule has 0 atom stereocenters. The molecule has 0 amide bonds. The van der Waals surface area contributed by atoms with Crippen molar-refractivity contribution in [1.29, 1.82) is 0 Å². The van der Waals surface area contributed by atoms with E-state index in [0.29, 0.717) is 5.69 Å². The summed E-state index contributed by atoms with van der Waals surface area (Å²) in [6.07, 6.45) is 1.43. The largest absolute Gasteiger partial charge is 0.459 e. The molecule has 6 nitrogen and oxygen atoms in total. The van der Waals surface area contributed by atoms with Crippen LogP contribution in [0.5, 0.6) is 0 Å². The third-order valence-electron chi connectivity index (χ3n) is 4.02. The smallest absolute Gasteiger partial charge is 0.266 e. The van der Waals surface area contributed by atoms with Gasteiger partial charge in [-0.2, -0.15) is 4.98 Å². The average molecular weight is 398 g/mol. The molecular formula is C20H15FN2O4S. The summed E-state index contributed by atoms with van der Waals surface area (Å²) in [7, 11) is -3.97. The van der Waals surface area contributed by atoms with Crippen molar-refractivity contribution < 1.29 is 21.6 Å². The topological polar surface area (TPSA) is 85.3 Å². The molecule has 0 aliphatic heterocycles. The second kappa shape index (κ2) is 6.97. The third kappa shape index (κ3) is 3.41. The summed E-state index contributed by atoms with van der Waals surface area (Å²) in [6, 6.07) is 15.1. The maximum absolute atomic E-state index is 13.2. The van der Waals surface area contributed by atoms with Gasteiger partial charge in [-0.1, -0.05) is 17.7 Å². The normalized spacial score (nSPS) is 11.5. The zero-order valence-electron chi connectivity index (χ0n) is 14.7. The molecule has 0 aliphatic rings. The molecule has 8 heteroatoms. The molecule has 0 fully saturated rings. The SMILES string of the molecule is Cc1ccc(S(=O)(=O)c2nc(-c3ccco3)oc2Nc2ccc(F)cc2)cc1. The molecule has 0 spiro atoms. The molecule has 2 heterocycles. The number of aromatic nitrogens is 1. The number of oxazole rings is 1. The molecule has 142 valence electrons. The molecule has 28 heavy (non-hydrogen) atoms. The molecule has 1 N–H and O–H groups in total. The van der Waals surface area contributed by atoms with Crippen LogP contribution >= 0.6 is 0 Å². The van der Waals surface area contributed by atoms with E-state index >= 15 is 0 Å². The van der Waals surface area contributed by atoms with Crippen LogP contribution in [-0.2, 0) is 9.84 Å². The third-order valence-corrected chi connectivity index (χ3v) is 5.69. The predicted molar refractivity (Wildman–Crippen MR) is 101 cm³/mol. The van der Waals surface area contributed by atoms with Gasteiger partial charge >= 0.3 is 0 Å². The molecular weight excluding hydrogens is 383 g/mol. The van der Waals surface area contributed by atoms with Gasteiger partial charge in [-0.05, 0) is 55.5 Å². The standard InChI is InChI=1S/C20H15FN2O4S/c1-13-4-10-16(11-5-13)28(24,25)20-19(22-15-8-6-14(21)7-9-15)27-18(23-20)17-3-2-12-26-17/h2-12,22H,1H3. The summed E-state index contributed by atoms with van der Waals surface area (Å²) in [4.78, 5) is 4.23. The van der Waals surface area contributed by atoms with Gasteiger partial charge in [0.1, 0.15) is 5.82 Å². The maximum atomic E-state index is 13.2. The number of nitrogens with one attached hydrogen (secondary N) is 1. The van der Waals surface area contributed by atoms with Crippen LogP contribution in [0.15, 0.2) is 85.7 Å². The highest BCUT2D eigenvalue weighted by Crippen LogP contribution is 2.34. The number of hydrogen-bond donors (Lipinski definition) is 1. The van der Waals surface area contributed by atoms with Crippen molar-refractivity contribution in [2.24, 2.45) is 0 Å². The maximum Gasteiger partial charge on any atom is 0.266 e. The van der Waals surface area contributed by atoms with Crippen LogP contribution in [0.3, 0.4) is 0 Å². The van der Waals surface area contributed by atoms with Crippen molar-refractivity contribution in [3.05, 3.63) is 78.3 Å². The summed E-state index contributed by atoms with van der Waals surface area (Å²) >= 11 is 0. The van der Waals surface area contributed by atoms with E-state index in [2.05, 4.69) is 10.3 Å². The van der Waals surface area contributed by atoms with Crippen molar-refractivity contribution in [2.45, 2.75) is 16.8 Å². The van der Waals surface area contributed by atoms with Gasteiger partial charge in [-0.3, -0.25) is 0 Å². The first kappa shape index (κ1) is 18.0. The van der Waals surface area contributed by atoms with Gasteiger partial charge in [0.2, 0.25) is 20.7 Å². The first-order valence-electron chi connectivity index (χ1n) is 8.32. The Kier molecular flexibility index (Phi) is 4.48. The van der Waals surface area contributed by atoms with Crippen LogP contribution < -0.4 is 5.32 Å². The minimum absolute atomic E-state index is 0.0142. The van der Waals surface area contributed by atoms with Crippen LogP contribution in [0.4, 0.5) is 16.0 Å². The molecule has 4 rings (SSSR count). The van der Waals surface area contributed by atoms with Crippen molar-refractivity contribution in [1.82, 2.24) is 4.98 Å². The van der Waals surface area contributed by atoms with Gasteiger partial charge in [0.05, 0.1) is 11.2 Å². The van der Waals surface area contributed by atoms with Crippen molar-refractivity contribution in [3.8, 4) is 11.7 Å². The van der Waals surface area contributed by atoms with E-state index in [4.69, 9.17) is 8.83 Å². The lowest BCUT2D eigenvalue weighted by molar-refractivity contribution is 0.524. The Hall–Kier alpha value is -3.39. The lowest BCUT2D eigenvalue weighted by Crippen LogP contribution is -2.05. The van der Waals surface area contributed by atoms with E-state index in [0.717, 1.165) is 5.56 Å². The number of benzene rings is 2. The number of rotatable bonds is 5. The van der Waals surface area contributed by atoms with Crippen molar-refractivity contribution in [3.63, 3.8) is 0 Å². The number of hydrogen-bond acceptors (Lipinski definition) is 6. The number of anilines is 2. The van der Waals surface area contributed by atoms with E-state index < -0.39 is 15.7 Å². The number of furan rings is 1. The summed E-state index contributed by atoms with van der Waals surface area (Å²) in [5.41, 5.74) is 1.38. The van der Waals surface area contributed by atoms with E-state index in [1.807, 2.05) is 6.92 Å². The van der Waals surface area contributed by atoms with E-state index in [1.54, 1.807) is 24.3 Å².